The Balaban J connectivity index is 2.49. The van der Waals surface area contributed by atoms with Gasteiger partial charge in [0, 0.05) is 19.1 Å². The summed E-state index contributed by atoms with van der Waals surface area (Å²) >= 11 is 0. The van der Waals surface area contributed by atoms with Crippen LogP contribution < -0.4 is 10.5 Å². The van der Waals surface area contributed by atoms with E-state index in [4.69, 9.17) is 20.3 Å². The molecule has 0 radical (unpaired) electrons. The summed E-state index contributed by atoms with van der Waals surface area (Å²) < 4.78 is 10.4. The van der Waals surface area contributed by atoms with Gasteiger partial charge in [-0.2, -0.15) is 0 Å². The number of aromatic carboxylic acids is 1. The van der Waals surface area contributed by atoms with E-state index in [1.165, 1.54) is 19.2 Å². The molecule has 0 saturated carbocycles. The van der Waals surface area contributed by atoms with Gasteiger partial charge in [-0.15, -0.1) is 0 Å². The molecule has 1 atom stereocenters. The molecule has 1 aliphatic heterocycles. The fraction of sp³-hybridized carbons (Fsp3) is 0.300. The van der Waals surface area contributed by atoms with Gasteiger partial charge >= 0.3 is 5.97 Å². The Kier molecular flexibility index (Phi) is 2.24. The molecule has 5 nitrogen and oxygen atoms in total. The lowest BCUT2D eigenvalue weighted by atomic mass is 10.0. The van der Waals surface area contributed by atoms with Crippen molar-refractivity contribution in [1.82, 2.24) is 0 Å². The maximum atomic E-state index is 10.9. The third-order valence-corrected chi connectivity index (χ3v) is 2.40. The quantitative estimate of drug-likeness (QED) is 0.706. The van der Waals surface area contributed by atoms with E-state index in [2.05, 4.69) is 0 Å². The predicted molar refractivity (Wildman–Crippen MR) is 52.9 cm³/mol. The summed E-state index contributed by atoms with van der Waals surface area (Å²) in [5.74, 6) is -0.548. The van der Waals surface area contributed by atoms with Gasteiger partial charge in [-0.1, -0.05) is 0 Å². The van der Waals surface area contributed by atoms with Crippen LogP contribution in [0, 0.1) is 0 Å². The minimum atomic E-state index is -0.980. The molecule has 1 heterocycles. The standard InChI is InChI=1S/C10H11NO4/c1-14-8-4-6-5(10(12)13)2-3-7(11)9(6)15-8/h2-3,8H,4,11H2,1H3,(H,12,13). The van der Waals surface area contributed by atoms with Crippen molar-refractivity contribution in [2.24, 2.45) is 0 Å². The highest BCUT2D eigenvalue weighted by Gasteiger charge is 2.29. The molecule has 0 spiro atoms. The minimum Gasteiger partial charge on any atom is -0.478 e. The van der Waals surface area contributed by atoms with E-state index >= 15 is 0 Å². The second kappa shape index (κ2) is 3.43. The van der Waals surface area contributed by atoms with Gasteiger partial charge in [0.1, 0.15) is 5.75 Å². The van der Waals surface area contributed by atoms with Crippen molar-refractivity contribution in [3.05, 3.63) is 23.3 Å². The largest absolute Gasteiger partial charge is 0.478 e. The fourth-order valence-electron chi connectivity index (χ4n) is 1.66. The van der Waals surface area contributed by atoms with E-state index in [0.717, 1.165) is 0 Å². The molecule has 0 fully saturated rings. The second-order valence-corrected chi connectivity index (χ2v) is 3.30. The van der Waals surface area contributed by atoms with Crippen LogP contribution in [0.3, 0.4) is 0 Å². The maximum Gasteiger partial charge on any atom is 0.336 e. The number of carboxylic acids is 1. The molecule has 0 saturated heterocycles. The number of nitrogen functional groups attached to an aromatic ring is 1. The van der Waals surface area contributed by atoms with Crippen LogP contribution in [0.5, 0.6) is 5.75 Å². The van der Waals surface area contributed by atoms with E-state index in [-0.39, 0.29) is 5.56 Å². The zero-order valence-electron chi connectivity index (χ0n) is 8.19. The number of carbonyl (C=O) groups is 1. The zero-order valence-corrected chi connectivity index (χ0v) is 8.19. The summed E-state index contributed by atoms with van der Waals surface area (Å²) in [6, 6.07) is 3.01. The summed E-state index contributed by atoms with van der Waals surface area (Å²) in [5, 5.41) is 8.96. The first-order valence-electron chi connectivity index (χ1n) is 4.47. The fourth-order valence-corrected chi connectivity index (χ4v) is 1.66. The highest BCUT2D eigenvalue weighted by atomic mass is 16.7. The molecule has 80 valence electrons. The first-order chi connectivity index (χ1) is 7.13. The van der Waals surface area contributed by atoms with Gasteiger partial charge in [-0.05, 0) is 12.1 Å². The molecule has 1 aromatic carbocycles. The van der Waals surface area contributed by atoms with E-state index in [1.807, 2.05) is 0 Å². The monoisotopic (exact) mass is 209 g/mol. The summed E-state index contributed by atoms with van der Waals surface area (Å²) in [5.41, 5.74) is 6.95. The first kappa shape index (κ1) is 9.79. The van der Waals surface area contributed by atoms with Crippen LogP contribution in [0.25, 0.3) is 0 Å². The van der Waals surface area contributed by atoms with E-state index in [1.54, 1.807) is 0 Å². The molecule has 1 aliphatic rings. The van der Waals surface area contributed by atoms with Crippen molar-refractivity contribution in [3.8, 4) is 5.75 Å². The van der Waals surface area contributed by atoms with Gasteiger partial charge in [0.05, 0.1) is 11.3 Å². The van der Waals surface area contributed by atoms with Crippen LogP contribution in [0.2, 0.25) is 0 Å². The molecule has 0 bridgehead atoms. The normalized spacial score (nSPS) is 18.3. The number of benzene rings is 1. The first-order valence-corrected chi connectivity index (χ1v) is 4.47. The van der Waals surface area contributed by atoms with Gasteiger partial charge in [0.15, 0.2) is 0 Å². The number of nitrogens with two attached hydrogens (primary N) is 1. The molecule has 1 aromatic rings. The number of carboxylic acid groups (broad SMARTS) is 1. The Morgan fingerprint density at radius 2 is 2.40 bits per heavy atom. The highest BCUT2D eigenvalue weighted by molar-refractivity contribution is 5.91. The molecule has 1 unspecified atom stereocenters. The molecular formula is C10H11NO4. The molecule has 0 amide bonds. The van der Waals surface area contributed by atoms with Crippen LogP contribution in [-0.2, 0) is 11.2 Å². The Labute approximate surface area is 86.4 Å². The lowest BCUT2D eigenvalue weighted by Crippen LogP contribution is -2.15. The van der Waals surface area contributed by atoms with Crippen LogP contribution >= 0.6 is 0 Å². The Morgan fingerprint density at radius 1 is 1.67 bits per heavy atom. The maximum absolute atomic E-state index is 10.9. The summed E-state index contributed by atoms with van der Waals surface area (Å²) in [7, 11) is 1.51. The zero-order chi connectivity index (χ0) is 11.0. The second-order valence-electron chi connectivity index (χ2n) is 3.30. The lowest BCUT2D eigenvalue weighted by molar-refractivity contribution is -0.0364. The average molecular weight is 209 g/mol. The molecule has 2 rings (SSSR count). The smallest absolute Gasteiger partial charge is 0.336 e. The molecule has 0 aliphatic carbocycles. The van der Waals surface area contributed by atoms with Crippen molar-refractivity contribution >= 4 is 11.7 Å². The Bertz CT molecular complexity index is 416. The van der Waals surface area contributed by atoms with E-state index in [9.17, 15) is 4.79 Å². The highest BCUT2D eigenvalue weighted by Crippen LogP contribution is 2.37. The molecule has 3 N–H and O–H groups in total. The number of anilines is 1. The number of methoxy groups -OCH3 is 1. The molecule has 15 heavy (non-hydrogen) atoms. The van der Waals surface area contributed by atoms with Crippen LogP contribution in [-0.4, -0.2) is 24.5 Å². The lowest BCUT2D eigenvalue weighted by Gasteiger charge is -2.08. The summed E-state index contributed by atoms with van der Waals surface area (Å²) in [6.45, 7) is 0. The topological polar surface area (TPSA) is 81.8 Å². The number of hydrogen-bond donors (Lipinski definition) is 2. The van der Waals surface area contributed by atoms with Crippen LogP contribution in [0.1, 0.15) is 15.9 Å². The van der Waals surface area contributed by atoms with Crippen molar-refractivity contribution in [2.75, 3.05) is 12.8 Å². The van der Waals surface area contributed by atoms with Gasteiger partial charge in [-0.3, -0.25) is 0 Å². The molecule has 0 aromatic heterocycles. The van der Waals surface area contributed by atoms with Crippen molar-refractivity contribution in [3.63, 3.8) is 0 Å². The number of hydrogen-bond acceptors (Lipinski definition) is 4. The third-order valence-electron chi connectivity index (χ3n) is 2.40. The van der Waals surface area contributed by atoms with Gasteiger partial charge in [0.2, 0.25) is 6.29 Å². The van der Waals surface area contributed by atoms with Crippen molar-refractivity contribution in [1.29, 1.82) is 0 Å². The number of rotatable bonds is 2. The van der Waals surface area contributed by atoms with Crippen LogP contribution in [0.15, 0.2) is 12.1 Å². The van der Waals surface area contributed by atoms with Crippen LogP contribution in [0.4, 0.5) is 5.69 Å². The van der Waals surface area contributed by atoms with Crippen molar-refractivity contribution < 1.29 is 19.4 Å². The minimum absolute atomic E-state index is 0.221. The SMILES string of the molecule is COC1Cc2c(C(=O)O)ccc(N)c2O1. The predicted octanol–water partition coefficient (Wildman–Crippen LogP) is 0.874. The Morgan fingerprint density at radius 3 is 3.00 bits per heavy atom. The van der Waals surface area contributed by atoms with E-state index < -0.39 is 12.3 Å². The summed E-state index contributed by atoms with van der Waals surface area (Å²) in [4.78, 5) is 10.9. The molecule has 5 heteroatoms. The number of ether oxygens (including phenoxy) is 2. The Hall–Kier alpha value is -1.75. The van der Waals surface area contributed by atoms with Gasteiger partial charge in [-0.25, -0.2) is 4.79 Å². The summed E-state index contributed by atoms with van der Waals surface area (Å²) in [6.07, 6.45) is -0.0267. The van der Waals surface area contributed by atoms with Gasteiger partial charge < -0.3 is 20.3 Å². The van der Waals surface area contributed by atoms with E-state index in [0.29, 0.717) is 23.4 Å². The average Bonchev–Trinajstić information content (AvgIpc) is 2.62. The van der Waals surface area contributed by atoms with Crippen molar-refractivity contribution in [2.45, 2.75) is 12.7 Å². The van der Waals surface area contributed by atoms with Gasteiger partial charge in [0.25, 0.3) is 0 Å². The molecular weight excluding hydrogens is 198 g/mol. The number of fused-ring (bicyclic) bond motifs is 1. The third kappa shape index (κ3) is 1.50.